The summed E-state index contributed by atoms with van der Waals surface area (Å²) in [4.78, 5) is 0. The standard InChI is InChI=1S/C16H11FN4S/c17-13-8-6-11(7-9-13)14-10-22-16-19-18-15(21(16)20-14)12-4-2-1-3-5-12/h1-9H,10H2. The van der Waals surface area contributed by atoms with Crippen LogP contribution >= 0.6 is 11.8 Å². The topological polar surface area (TPSA) is 43.1 Å². The van der Waals surface area contributed by atoms with Gasteiger partial charge < -0.3 is 0 Å². The molecule has 1 aliphatic heterocycles. The Labute approximate surface area is 130 Å². The lowest BCUT2D eigenvalue weighted by atomic mass is 10.1. The van der Waals surface area contributed by atoms with Gasteiger partial charge in [0.2, 0.25) is 5.16 Å². The Morgan fingerprint density at radius 1 is 0.909 bits per heavy atom. The molecular formula is C16H11FN4S. The first kappa shape index (κ1) is 13.2. The minimum atomic E-state index is -0.247. The summed E-state index contributed by atoms with van der Waals surface area (Å²) in [6, 6.07) is 16.2. The number of thioether (sulfide) groups is 1. The third-order valence-electron chi connectivity index (χ3n) is 3.38. The van der Waals surface area contributed by atoms with Gasteiger partial charge in [0, 0.05) is 11.3 Å². The van der Waals surface area contributed by atoms with Crippen LogP contribution in [0.4, 0.5) is 4.39 Å². The van der Waals surface area contributed by atoms with Gasteiger partial charge in [-0.05, 0) is 17.7 Å². The first-order chi connectivity index (χ1) is 10.8. The predicted octanol–water partition coefficient (Wildman–Crippen LogP) is 3.44. The molecule has 4 nitrogen and oxygen atoms in total. The van der Waals surface area contributed by atoms with E-state index in [9.17, 15) is 4.39 Å². The maximum absolute atomic E-state index is 13.1. The van der Waals surface area contributed by atoms with Gasteiger partial charge in [-0.3, -0.25) is 0 Å². The van der Waals surface area contributed by atoms with Gasteiger partial charge in [0.05, 0.1) is 5.71 Å². The number of nitrogens with zero attached hydrogens (tertiary/aromatic N) is 4. The van der Waals surface area contributed by atoms with Crippen LogP contribution < -0.4 is 0 Å². The molecule has 0 saturated carbocycles. The summed E-state index contributed by atoms with van der Waals surface area (Å²) in [7, 11) is 0. The molecule has 0 saturated heterocycles. The Balaban J connectivity index is 1.79. The van der Waals surface area contributed by atoms with Crippen LogP contribution in [-0.2, 0) is 0 Å². The van der Waals surface area contributed by atoms with E-state index in [1.54, 1.807) is 28.6 Å². The van der Waals surface area contributed by atoms with Crippen molar-refractivity contribution < 1.29 is 4.39 Å². The third kappa shape index (κ3) is 2.31. The molecule has 0 unspecified atom stereocenters. The summed E-state index contributed by atoms with van der Waals surface area (Å²) in [5.41, 5.74) is 2.76. The monoisotopic (exact) mass is 310 g/mol. The van der Waals surface area contributed by atoms with E-state index in [0.717, 1.165) is 22.0 Å². The van der Waals surface area contributed by atoms with Crippen molar-refractivity contribution in [1.29, 1.82) is 0 Å². The summed E-state index contributed by atoms with van der Waals surface area (Å²) in [5, 5.41) is 13.8. The highest BCUT2D eigenvalue weighted by Crippen LogP contribution is 2.28. The van der Waals surface area contributed by atoms with Crippen molar-refractivity contribution in [3.05, 3.63) is 66.0 Å². The van der Waals surface area contributed by atoms with Crippen molar-refractivity contribution in [1.82, 2.24) is 14.9 Å². The molecule has 0 atom stereocenters. The van der Waals surface area contributed by atoms with Gasteiger partial charge in [-0.15, -0.1) is 10.2 Å². The van der Waals surface area contributed by atoms with Gasteiger partial charge in [-0.2, -0.15) is 9.78 Å². The van der Waals surface area contributed by atoms with Gasteiger partial charge in [0.15, 0.2) is 5.82 Å². The molecule has 0 radical (unpaired) electrons. The summed E-state index contributed by atoms with van der Waals surface area (Å²) in [5.74, 6) is 1.16. The summed E-state index contributed by atoms with van der Waals surface area (Å²) in [6.07, 6.45) is 0. The second-order valence-electron chi connectivity index (χ2n) is 4.83. The van der Waals surface area contributed by atoms with E-state index in [1.807, 2.05) is 30.3 Å². The first-order valence-corrected chi connectivity index (χ1v) is 7.77. The van der Waals surface area contributed by atoms with Crippen LogP contribution in [0, 0.1) is 5.82 Å². The Hall–Kier alpha value is -2.47. The zero-order valence-corrected chi connectivity index (χ0v) is 12.3. The molecule has 6 heteroatoms. The van der Waals surface area contributed by atoms with Crippen LogP contribution in [0.3, 0.4) is 0 Å². The second kappa shape index (κ2) is 5.38. The molecule has 0 N–H and O–H groups in total. The maximum atomic E-state index is 13.1. The molecule has 2 aromatic carbocycles. The van der Waals surface area contributed by atoms with Gasteiger partial charge in [-0.25, -0.2) is 4.39 Å². The Kier molecular flexibility index (Phi) is 3.23. The zero-order chi connectivity index (χ0) is 14.9. The SMILES string of the molecule is Fc1ccc(C2=Nn3c(nnc3-c3ccccc3)SC2)cc1. The molecule has 0 aliphatic carbocycles. The average Bonchev–Trinajstić information content (AvgIpc) is 2.99. The van der Waals surface area contributed by atoms with Crippen molar-refractivity contribution in [2.75, 3.05) is 5.75 Å². The van der Waals surface area contributed by atoms with Crippen LogP contribution in [0.1, 0.15) is 5.56 Å². The molecule has 22 heavy (non-hydrogen) atoms. The number of fused-ring (bicyclic) bond motifs is 1. The van der Waals surface area contributed by atoms with Gasteiger partial charge in [0.25, 0.3) is 0 Å². The highest BCUT2D eigenvalue weighted by molar-refractivity contribution is 7.99. The molecule has 1 aliphatic rings. The highest BCUT2D eigenvalue weighted by Gasteiger charge is 2.20. The van der Waals surface area contributed by atoms with E-state index in [1.165, 1.54) is 12.1 Å². The predicted molar refractivity (Wildman–Crippen MR) is 84.5 cm³/mol. The molecule has 108 valence electrons. The molecule has 0 fully saturated rings. The zero-order valence-electron chi connectivity index (χ0n) is 11.5. The van der Waals surface area contributed by atoms with Crippen LogP contribution in [0.15, 0.2) is 64.9 Å². The highest BCUT2D eigenvalue weighted by atomic mass is 32.2. The molecule has 3 aromatic rings. The Morgan fingerprint density at radius 2 is 1.68 bits per heavy atom. The average molecular weight is 310 g/mol. The minimum Gasteiger partial charge on any atom is -0.207 e. The van der Waals surface area contributed by atoms with Crippen LogP contribution in [0.5, 0.6) is 0 Å². The summed E-state index contributed by atoms with van der Waals surface area (Å²) >= 11 is 1.58. The lowest BCUT2D eigenvalue weighted by Gasteiger charge is -2.13. The number of rotatable bonds is 2. The quantitative estimate of drug-likeness (QED) is 0.728. The number of benzene rings is 2. The molecule has 0 spiro atoms. The summed E-state index contributed by atoms with van der Waals surface area (Å²) < 4.78 is 14.8. The van der Waals surface area contributed by atoms with Crippen molar-refractivity contribution in [2.45, 2.75) is 5.16 Å². The van der Waals surface area contributed by atoms with Crippen LogP contribution in [0.2, 0.25) is 0 Å². The smallest absolute Gasteiger partial charge is 0.207 e. The molecule has 1 aromatic heterocycles. The third-order valence-corrected chi connectivity index (χ3v) is 4.31. The number of aromatic nitrogens is 3. The molecule has 0 bridgehead atoms. The maximum Gasteiger partial charge on any atom is 0.212 e. The second-order valence-corrected chi connectivity index (χ2v) is 5.77. The lowest BCUT2D eigenvalue weighted by molar-refractivity contribution is 0.627. The largest absolute Gasteiger partial charge is 0.212 e. The van der Waals surface area contributed by atoms with Gasteiger partial charge in [-0.1, -0.05) is 54.2 Å². The normalized spacial score (nSPS) is 13.6. The van der Waals surface area contributed by atoms with E-state index >= 15 is 0 Å². The van der Waals surface area contributed by atoms with Crippen LogP contribution in [-0.4, -0.2) is 26.3 Å². The fraction of sp³-hybridized carbons (Fsp3) is 0.0625. The molecular weight excluding hydrogens is 299 g/mol. The van der Waals surface area contributed by atoms with Gasteiger partial charge in [0.1, 0.15) is 5.82 Å². The van der Waals surface area contributed by atoms with Crippen molar-refractivity contribution in [3.63, 3.8) is 0 Å². The molecule has 0 amide bonds. The Morgan fingerprint density at radius 3 is 2.45 bits per heavy atom. The fourth-order valence-corrected chi connectivity index (χ4v) is 3.12. The minimum absolute atomic E-state index is 0.247. The van der Waals surface area contributed by atoms with Crippen LogP contribution in [0.25, 0.3) is 11.4 Å². The molecule has 4 rings (SSSR count). The van der Waals surface area contributed by atoms with E-state index in [0.29, 0.717) is 11.6 Å². The fourth-order valence-electron chi connectivity index (χ4n) is 2.28. The summed E-state index contributed by atoms with van der Waals surface area (Å²) in [6.45, 7) is 0. The molecule has 2 heterocycles. The lowest BCUT2D eigenvalue weighted by Crippen LogP contribution is -2.13. The van der Waals surface area contributed by atoms with E-state index in [4.69, 9.17) is 0 Å². The van der Waals surface area contributed by atoms with Crippen molar-refractivity contribution in [2.24, 2.45) is 5.10 Å². The van der Waals surface area contributed by atoms with Gasteiger partial charge >= 0.3 is 0 Å². The van der Waals surface area contributed by atoms with Crippen molar-refractivity contribution >= 4 is 17.5 Å². The number of halogens is 1. The van der Waals surface area contributed by atoms with E-state index in [2.05, 4.69) is 15.3 Å². The number of hydrogen-bond donors (Lipinski definition) is 0. The Bertz CT molecular complexity index is 840. The van der Waals surface area contributed by atoms with E-state index in [-0.39, 0.29) is 5.82 Å². The number of hydrogen-bond acceptors (Lipinski definition) is 4. The first-order valence-electron chi connectivity index (χ1n) is 6.79. The van der Waals surface area contributed by atoms with E-state index < -0.39 is 0 Å². The van der Waals surface area contributed by atoms with Crippen molar-refractivity contribution in [3.8, 4) is 11.4 Å².